The number of hydrogen-bond acceptors (Lipinski definition) is 5. The summed E-state index contributed by atoms with van der Waals surface area (Å²) in [6.45, 7) is 6.79. The molecule has 0 spiro atoms. The van der Waals surface area contributed by atoms with E-state index in [0.717, 1.165) is 27.4 Å². The molecule has 132 valence electrons. The lowest BCUT2D eigenvalue weighted by Gasteiger charge is -2.34. The molecule has 2 aromatic rings. The van der Waals surface area contributed by atoms with Gasteiger partial charge in [0, 0.05) is 25.5 Å². The topological polar surface area (TPSA) is 84.0 Å². The molecule has 1 saturated heterocycles. The molecule has 0 bridgehead atoms. The van der Waals surface area contributed by atoms with Gasteiger partial charge in [0.2, 0.25) is 0 Å². The van der Waals surface area contributed by atoms with Gasteiger partial charge in [0.25, 0.3) is 0 Å². The van der Waals surface area contributed by atoms with Gasteiger partial charge in [-0.2, -0.15) is 10.4 Å². The predicted molar refractivity (Wildman–Crippen MR) is 101 cm³/mol. The molecular weight excluding hydrogens is 433 g/mol. The lowest BCUT2D eigenvalue weighted by molar-refractivity contribution is 0.0169. The fourth-order valence-corrected chi connectivity index (χ4v) is 3.67. The Balaban J connectivity index is 1.91. The number of carbonyl (C=O) groups excluding carboxylic acids is 1. The molecule has 25 heavy (non-hydrogen) atoms. The van der Waals surface area contributed by atoms with Crippen LogP contribution in [-0.4, -0.2) is 44.4 Å². The van der Waals surface area contributed by atoms with Crippen molar-refractivity contribution in [1.82, 2.24) is 19.7 Å². The van der Waals surface area contributed by atoms with Crippen molar-refractivity contribution >= 4 is 39.6 Å². The largest absolute Gasteiger partial charge is 0.444 e. The third-order valence-corrected chi connectivity index (χ3v) is 4.88. The van der Waals surface area contributed by atoms with Gasteiger partial charge in [-0.3, -0.25) is 9.67 Å². The van der Waals surface area contributed by atoms with Gasteiger partial charge in [0.15, 0.2) is 0 Å². The van der Waals surface area contributed by atoms with Crippen LogP contribution in [0.2, 0.25) is 0 Å². The maximum absolute atomic E-state index is 12.4. The summed E-state index contributed by atoms with van der Waals surface area (Å²) < 4.78 is 8.19. The second-order valence-corrected chi connectivity index (χ2v) is 8.17. The van der Waals surface area contributed by atoms with E-state index in [1.807, 2.05) is 25.5 Å². The Morgan fingerprint density at radius 1 is 1.44 bits per heavy atom. The molecule has 0 aliphatic carbocycles. The summed E-state index contributed by atoms with van der Waals surface area (Å²) in [5.74, 6) is 0. The highest BCUT2D eigenvalue weighted by molar-refractivity contribution is 14.1. The molecule has 0 radical (unpaired) electrons. The van der Waals surface area contributed by atoms with Crippen LogP contribution in [-0.2, 0) is 4.74 Å². The first kappa shape index (κ1) is 17.9. The first-order chi connectivity index (χ1) is 11.8. The number of amides is 1. The normalized spacial score (nSPS) is 18.2. The van der Waals surface area contributed by atoms with Crippen LogP contribution in [0.25, 0.3) is 10.9 Å². The minimum absolute atomic E-state index is 0.0155. The molecule has 3 rings (SSSR count). The molecule has 2 aromatic heterocycles. The molecule has 0 aromatic carbocycles. The first-order valence-electron chi connectivity index (χ1n) is 8.20. The Labute approximate surface area is 160 Å². The maximum Gasteiger partial charge on any atom is 0.410 e. The van der Waals surface area contributed by atoms with Gasteiger partial charge in [-0.25, -0.2) is 4.79 Å². The molecule has 1 aliphatic heterocycles. The molecule has 0 unspecified atom stereocenters. The monoisotopic (exact) mass is 453 g/mol. The Morgan fingerprint density at radius 2 is 2.20 bits per heavy atom. The van der Waals surface area contributed by atoms with Gasteiger partial charge in [0.1, 0.15) is 15.4 Å². The Hall–Kier alpha value is -1.89. The smallest absolute Gasteiger partial charge is 0.410 e. The summed E-state index contributed by atoms with van der Waals surface area (Å²) in [5, 5.41) is 14.9. The van der Waals surface area contributed by atoms with Crippen LogP contribution in [0.3, 0.4) is 0 Å². The SMILES string of the molecule is CC(C)(C)OC(=O)N1CCC[C@@H](n2nc(I)c3cncc(C#N)c32)C1. The number of pyridine rings is 1. The maximum atomic E-state index is 12.4. The zero-order valence-corrected chi connectivity index (χ0v) is 16.6. The van der Waals surface area contributed by atoms with Crippen LogP contribution in [0.15, 0.2) is 12.4 Å². The van der Waals surface area contributed by atoms with Gasteiger partial charge in [-0.05, 0) is 56.2 Å². The second kappa shape index (κ2) is 6.78. The van der Waals surface area contributed by atoms with E-state index in [-0.39, 0.29) is 12.1 Å². The van der Waals surface area contributed by atoms with Crippen molar-refractivity contribution in [3.05, 3.63) is 21.7 Å². The standard InChI is InChI=1S/C17H20IN5O2/c1-17(2,3)25-16(24)22-6-4-5-12(10-22)23-14-11(7-19)8-20-9-13(14)15(18)21-23/h8-9,12H,4-6,10H2,1-3H3/t12-/m1/s1. The molecular formula is C17H20IN5O2. The lowest BCUT2D eigenvalue weighted by Crippen LogP contribution is -2.43. The van der Waals surface area contributed by atoms with E-state index in [4.69, 9.17) is 4.74 Å². The first-order valence-corrected chi connectivity index (χ1v) is 9.28. The number of piperidine rings is 1. The zero-order chi connectivity index (χ0) is 18.2. The number of likely N-dealkylation sites (tertiary alicyclic amines) is 1. The van der Waals surface area contributed by atoms with E-state index in [1.165, 1.54) is 0 Å². The summed E-state index contributed by atoms with van der Waals surface area (Å²) in [6.07, 6.45) is 4.76. The molecule has 3 heterocycles. The Bertz CT molecular complexity index is 849. The number of nitrogens with zero attached hydrogens (tertiary/aromatic N) is 5. The minimum Gasteiger partial charge on any atom is -0.444 e. The van der Waals surface area contributed by atoms with Crippen LogP contribution in [0, 0.1) is 15.0 Å². The molecule has 0 N–H and O–H groups in total. The fourth-order valence-electron chi connectivity index (χ4n) is 3.04. The van der Waals surface area contributed by atoms with Gasteiger partial charge < -0.3 is 9.64 Å². The quantitative estimate of drug-likeness (QED) is 0.618. The summed E-state index contributed by atoms with van der Waals surface area (Å²) >= 11 is 2.16. The van der Waals surface area contributed by atoms with Crippen molar-refractivity contribution in [3.8, 4) is 6.07 Å². The van der Waals surface area contributed by atoms with E-state index in [9.17, 15) is 10.1 Å². The molecule has 8 heteroatoms. The van der Waals surface area contributed by atoms with E-state index in [0.29, 0.717) is 18.7 Å². The number of carbonyl (C=O) groups is 1. The summed E-state index contributed by atoms with van der Waals surface area (Å²) in [5.41, 5.74) is 0.775. The number of fused-ring (bicyclic) bond motifs is 1. The average Bonchev–Trinajstić information content (AvgIpc) is 2.91. The van der Waals surface area contributed by atoms with Crippen molar-refractivity contribution in [3.63, 3.8) is 0 Å². The average molecular weight is 453 g/mol. The van der Waals surface area contributed by atoms with Crippen molar-refractivity contribution in [1.29, 1.82) is 5.26 Å². The van der Waals surface area contributed by atoms with Gasteiger partial charge >= 0.3 is 6.09 Å². The van der Waals surface area contributed by atoms with Crippen LogP contribution in [0.5, 0.6) is 0 Å². The molecule has 1 aliphatic rings. The number of rotatable bonds is 1. The fraction of sp³-hybridized carbons (Fsp3) is 0.529. The highest BCUT2D eigenvalue weighted by Crippen LogP contribution is 2.30. The summed E-state index contributed by atoms with van der Waals surface area (Å²) in [6, 6.07) is 2.21. The Morgan fingerprint density at radius 3 is 2.88 bits per heavy atom. The molecule has 1 atom stereocenters. The van der Waals surface area contributed by atoms with Crippen LogP contribution in [0.4, 0.5) is 4.79 Å². The Kier molecular flexibility index (Phi) is 4.86. The van der Waals surface area contributed by atoms with Crippen molar-refractivity contribution in [2.45, 2.75) is 45.3 Å². The number of aromatic nitrogens is 3. The van der Waals surface area contributed by atoms with Crippen LogP contribution in [0.1, 0.15) is 45.2 Å². The molecule has 1 amide bonds. The highest BCUT2D eigenvalue weighted by atomic mass is 127. The summed E-state index contributed by atoms with van der Waals surface area (Å²) in [4.78, 5) is 18.2. The predicted octanol–water partition coefficient (Wildman–Crippen LogP) is 3.48. The number of halogens is 1. The molecule has 0 saturated carbocycles. The highest BCUT2D eigenvalue weighted by Gasteiger charge is 2.30. The van der Waals surface area contributed by atoms with Gasteiger partial charge in [-0.15, -0.1) is 0 Å². The van der Waals surface area contributed by atoms with E-state index >= 15 is 0 Å². The number of ether oxygens (including phenoxy) is 1. The van der Waals surface area contributed by atoms with Crippen molar-refractivity contribution in [2.75, 3.05) is 13.1 Å². The lowest BCUT2D eigenvalue weighted by atomic mass is 10.1. The summed E-state index contributed by atoms with van der Waals surface area (Å²) in [7, 11) is 0. The van der Waals surface area contributed by atoms with Gasteiger partial charge in [0.05, 0.1) is 22.5 Å². The van der Waals surface area contributed by atoms with E-state index in [1.54, 1.807) is 17.3 Å². The zero-order valence-electron chi connectivity index (χ0n) is 14.5. The number of nitriles is 1. The van der Waals surface area contributed by atoms with Gasteiger partial charge in [-0.1, -0.05) is 0 Å². The molecule has 1 fully saturated rings. The number of hydrogen-bond donors (Lipinski definition) is 0. The molecule has 7 nitrogen and oxygen atoms in total. The third kappa shape index (κ3) is 3.71. The van der Waals surface area contributed by atoms with Crippen molar-refractivity contribution < 1.29 is 9.53 Å². The van der Waals surface area contributed by atoms with E-state index < -0.39 is 5.60 Å². The van der Waals surface area contributed by atoms with Crippen LogP contribution >= 0.6 is 22.6 Å². The van der Waals surface area contributed by atoms with E-state index in [2.05, 4.69) is 38.7 Å². The minimum atomic E-state index is -0.516. The van der Waals surface area contributed by atoms with Crippen LogP contribution < -0.4 is 0 Å². The third-order valence-electron chi connectivity index (χ3n) is 4.08. The second-order valence-electron chi connectivity index (χ2n) is 7.15. The van der Waals surface area contributed by atoms with Crippen molar-refractivity contribution in [2.24, 2.45) is 0 Å².